The van der Waals surface area contributed by atoms with E-state index < -0.39 is 17.9 Å². The molecule has 0 unspecified atom stereocenters. The number of carboxylic acid groups (broad SMARTS) is 2. The molecule has 0 saturated carbocycles. The highest BCUT2D eigenvalue weighted by atomic mass is 16.4. The number of anilines is 2. The van der Waals surface area contributed by atoms with Gasteiger partial charge in [0.1, 0.15) is 11.1 Å². The normalized spacial score (nSPS) is 11.6. The molecule has 2 aromatic carbocycles. The standard InChI is InChI=1S/C31H25N17O5/c1-15-21(39-41-25-19(27(49)50)13-34-45(25)17-9-5-3-6-10-17)23(32)47(43-15)29-36-30(38-31(53)37-29)48-24(33)22(16(2)44-48)40-42-26-20(28(51)52)14-35-46(26)18-11-7-4-8-12-18/h3-14H,32-33H2,1-2H3,(H,49,50)(H,51,52)(H,36,37,38,53)/b41-39+,42-40+. The zero-order valence-corrected chi connectivity index (χ0v) is 27.4. The summed E-state index contributed by atoms with van der Waals surface area (Å²) in [4.78, 5) is 36.1. The molecule has 0 aliphatic carbocycles. The van der Waals surface area contributed by atoms with Crippen LogP contribution in [0.5, 0.6) is 6.01 Å². The lowest BCUT2D eigenvalue weighted by Crippen LogP contribution is -2.13. The number of hydrogen-bond donors (Lipinski definition) is 5. The molecule has 0 aliphatic heterocycles. The molecule has 5 heterocycles. The molecule has 0 fully saturated rings. The molecule has 0 spiro atoms. The summed E-state index contributed by atoms with van der Waals surface area (Å²) in [6.07, 6.45) is 2.31. The van der Waals surface area contributed by atoms with Crippen molar-refractivity contribution in [2.45, 2.75) is 13.8 Å². The Morgan fingerprint density at radius 2 is 1.00 bits per heavy atom. The summed E-state index contributed by atoms with van der Waals surface area (Å²) in [7, 11) is 0. The third-order valence-electron chi connectivity index (χ3n) is 7.55. The zero-order chi connectivity index (χ0) is 37.4. The quantitative estimate of drug-likeness (QED) is 0.123. The predicted octanol–water partition coefficient (Wildman–Crippen LogP) is 4.33. The van der Waals surface area contributed by atoms with E-state index in [0.717, 1.165) is 21.8 Å². The van der Waals surface area contributed by atoms with Gasteiger partial charge in [-0.3, -0.25) is 0 Å². The van der Waals surface area contributed by atoms with Crippen molar-refractivity contribution >= 4 is 46.6 Å². The van der Waals surface area contributed by atoms with Crippen molar-refractivity contribution in [3.63, 3.8) is 0 Å². The highest BCUT2D eigenvalue weighted by Gasteiger charge is 2.24. The Morgan fingerprint density at radius 3 is 1.38 bits per heavy atom. The number of nitrogen functional groups attached to an aromatic ring is 2. The van der Waals surface area contributed by atoms with E-state index in [1.807, 2.05) is 0 Å². The molecule has 7 N–H and O–H groups in total. The Morgan fingerprint density at radius 1 is 0.604 bits per heavy atom. The topological polar surface area (TPSA) is 306 Å². The smallest absolute Gasteiger partial charge is 0.341 e. The van der Waals surface area contributed by atoms with E-state index in [-0.39, 0.29) is 69.1 Å². The first-order valence-corrected chi connectivity index (χ1v) is 15.2. The molecule has 22 nitrogen and oxygen atoms in total. The molecule has 0 aliphatic rings. The first kappa shape index (κ1) is 33.3. The van der Waals surface area contributed by atoms with E-state index >= 15 is 0 Å². The maximum absolute atomic E-state index is 11.9. The molecule has 5 aromatic heterocycles. The second-order valence-electron chi connectivity index (χ2n) is 11.0. The van der Waals surface area contributed by atoms with Gasteiger partial charge in [-0.25, -0.2) is 19.0 Å². The Balaban J connectivity index is 1.23. The average molecular weight is 716 g/mol. The molecular weight excluding hydrogens is 690 g/mol. The first-order valence-electron chi connectivity index (χ1n) is 15.2. The third-order valence-corrected chi connectivity index (χ3v) is 7.55. The van der Waals surface area contributed by atoms with Crippen LogP contribution < -0.4 is 11.5 Å². The van der Waals surface area contributed by atoms with Crippen molar-refractivity contribution in [3.8, 4) is 29.3 Å². The Bertz CT molecular complexity index is 2410. The van der Waals surface area contributed by atoms with E-state index in [2.05, 4.69) is 55.8 Å². The molecule has 7 aromatic rings. The Kier molecular flexibility index (Phi) is 8.35. The minimum absolute atomic E-state index is 0.0521. The Labute approximate surface area is 296 Å². The summed E-state index contributed by atoms with van der Waals surface area (Å²) in [5.41, 5.74) is 14.1. The van der Waals surface area contributed by atoms with Gasteiger partial charge < -0.3 is 26.8 Å². The van der Waals surface area contributed by atoms with Crippen LogP contribution >= 0.6 is 0 Å². The zero-order valence-electron chi connectivity index (χ0n) is 27.4. The van der Waals surface area contributed by atoms with Crippen molar-refractivity contribution in [1.82, 2.24) is 54.1 Å². The van der Waals surface area contributed by atoms with Gasteiger partial charge in [-0.2, -0.15) is 44.7 Å². The summed E-state index contributed by atoms with van der Waals surface area (Å²) in [5, 5.41) is 63.7. The van der Waals surface area contributed by atoms with Gasteiger partial charge in [-0.1, -0.05) is 36.4 Å². The van der Waals surface area contributed by atoms with Gasteiger partial charge in [0, 0.05) is 0 Å². The number of aromatic hydroxyl groups is 1. The number of nitrogens with two attached hydrogens (primary N) is 2. The van der Waals surface area contributed by atoms with Gasteiger partial charge in [0.15, 0.2) is 34.6 Å². The van der Waals surface area contributed by atoms with Crippen LogP contribution in [-0.2, 0) is 0 Å². The van der Waals surface area contributed by atoms with Crippen molar-refractivity contribution in [2.75, 3.05) is 11.5 Å². The summed E-state index contributed by atoms with van der Waals surface area (Å²) < 4.78 is 4.75. The molecular formula is C31H25N17O5. The van der Waals surface area contributed by atoms with E-state index in [1.165, 1.54) is 9.36 Å². The number of rotatable bonds is 10. The molecule has 0 amide bonds. The monoisotopic (exact) mass is 715 g/mol. The molecule has 0 saturated heterocycles. The van der Waals surface area contributed by atoms with Crippen LogP contribution in [0.3, 0.4) is 0 Å². The summed E-state index contributed by atoms with van der Waals surface area (Å²) in [6.45, 7) is 3.14. The molecule has 0 bridgehead atoms. The van der Waals surface area contributed by atoms with Gasteiger partial charge in [0.25, 0.3) is 11.9 Å². The molecule has 264 valence electrons. The minimum atomic E-state index is -1.27. The largest absolute Gasteiger partial charge is 0.479 e. The Hall–Kier alpha value is -8.17. The second kappa shape index (κ2) is 13.3. The van der Waals surface area contributed by atoms with Gasteiger partial charge in [-0.05, 0) is 38.1 Å². The van der Waals surface area contributed by atoms with Crippen molar-refractivity contribution in [1.29, 1.82) is 0 Å². The number of carbonyl (C=O) groups is 2. The van der Waals surface area contributed by atoms with Crippen LogP contribution in [0.1, 0.15) is 32.1 Å². The van der Waals surface area contributed by atoms with Gasteiger partial charge in [-0.15, -0.1) is 20.5 Å². The minimum Gasteiger partial charge on any atom is -0.479 e. The summed E-state index contributed by atoms with van der Waals surface area (Å²) >= 11 is 0. The number of azo groups is 2. The highest BCUT2D eigenvalue weighted by molar-refractivity contribution is 5.93. The number of hydrogen-bond acceptors (Lipinski definition) is 16. The van der Waals surface area contributed by atoms with Crippen molar-refractivity contribution in [2.24, 2.45) is 20.5 Å². The van der Waals surface area contributed by atoms with Crippen LogP contribution in [0.4, 0.5) is 34.6 Å². The first-order chi connectivity index (χ1) is 25.5. The van der Waals surface area contributed by atoms with Crippen molar-refractivity contribution in [3.05, 3.63) is 95.6 Å². The fourth-order valence-corrected chi connectivity index (χ4v) is 5.05. The maximum Gasteiger partial charge on any atom is 0.341 e. The lowest BCUT2D eigenvalue weighted by molar-refractivity contribution is 0.0686. The predicted molar refractivity (Wildman–Crippen MR) is 183 cm³/mol. The fourth-order valence-electron chi connectivity index (χ4n) is 5.05. The maximum atomic E-state index is 11.9. The van der Waals surface area contributed by atoms with Crippen LogP contribution in [0.2, 0.25) is 0 Å². The number of carboxylic acids is 2. The van der Waals surface area contributed by atoms with Crippen LogP contribution in [-0.4, -0.2) is 81.3 Å². The van der Waals surface area contributed by atoms with Crippen LogP contribution in [0.15, 0.2) is 93.5 Å². The van der Waals surface area contributed by atoms with Gasteiger partial charge in [0.05, 0.1) is 35.2 Å². The molecule has 53 heavy (non-hydrogen) atoms. The van der Waals surface area contributed by atoms with Crippen LogP contribution in [0, 0.1) is 13.8 Å². The van der Waals surface area contributed by atoms with Gasteiger partial charge in [0.2, 0.25) is 0 Å². The number of aromatic carboxylic acids is 2. The lowest BCUT2D eigenvalue weighted by Gasteiger charge is -2.06. The molecule has 0 atom stereocenters. The lowest BCUT2D eigenvalue weighted by atomic mass is 10.3. The van der Waals surface area contributed by atoms with E-state index in [1.54, 1.807) is 74.5 Å². The highest BCUT2D eigenvalue weighted by Crippen LogP contribution is 2.34. The van der Waals surface area contributed by atoms with Gasteiger partial charge >= 0.3 is 17.9 Å². The van der Waals surface area contributed by atoms with E-state index in [0.29, 0.717) is 11.4 Å². The number of para-hydroxylation sites is 2. The fraction of sp³-hybridized carbons (Fsp3) is 0.0645. The van der Waals surface area contributed by atoms with E-state index in [9.17, 15) is 24.9 Å². The molecule has 0 radical (unpaired) electrons. The summed E-state index contributed by atoms with van der Waals surface area (Å²) in [6, 6.07) is 16.7. The average Bonchev–Trinajstić information content (AvgIpc) is 3.90. The second-order valence-corrected chi connectivity index (χ2v) is 11.0. The number of aryl methyl sites for hydroxylation is 2. The van der Waals surface area contributed by atoms with Crippen molar-refractivity contribution < 1.29 is 24.9 Å². The molecule has 22 heteroatoms. The van der Waals surface area contributed by atoms with Crippen LogP contribution in [0.25, 0.3) is 23.3 Å². The number of nitrogens with zero attached hydrogens (tertiary/aromatic N) is 15. The molecule has 7 rings (SSSR count). The van der Waals surface area contributed by atoms with E-state index in [4.69, 9.17) is 11.5 Å². The SMILES string of the molecule is Cc1nn(-c2nc(O)nc(-n3nc(C)c(/N=N/c4c(C(=O)O)cnn4-c4ccccc4)c3N)n2)c(N)c1/N=N/c1c(C(=O)O)cnn1-c1ccccc1. The summed E-state index contributed by atoms with van der Waals surface area (Å²) in [5.74, 6) is -3.43. The third kappa shape index (κ3) is 6.13. The number of aromatic nitrogens is 11. The number of benzene rings is 2.